The molecule has 0 spiro atoms. The fourth-order valence-electron chi connectivity index (χ4n) is 4.71. The fraction of sp³-hybridized carbons (Fsp3) is 1.00. The summed E-state index contributed by atoms with van der Waals surface area (Å²) in [5.41, 5.74) is 0. The van der Waals surface area contributed by atoms with Crippen molar-refractivity contribution in [1.29, 1.82) is 0 Å². The number of quaternary nitrogens is 2. The zero-order chi connectivity index (χ0) is 25.1. The summed E-state index contributed by atoms with van der Waals surface area (Å²) in [7, 11) is 4.94. The lowest BCUT2D eigenvalue weighted by Gasteiger charge is -2.31. The predicted octanol–water partition coefficient (Wildman–Crippen LogP) is 6.34. The van der Waals surface area contributed by atoms with Crippen LogP contribution in [0.15, 0.2) is 0 Å². The Bertz CT molecular complexity index is 548. The van der Waals surface area contributed by atoms with Crippen molar-refractivity contribution in [1.82, 2.24) is 0 Å². The molecule has 0 unspecified atom stereocenters. The van der Waals surface area contributed by atoms with Crippen LogP contribution in [0.3, 0.4) is 0 Å². The Morgan fingerprint density at radius 2 is 0.758 bits per heavy atom. The molecular weight excluding hydrogens is 432 g/mol. The number of rotatable bonds is 24. The first kappa shape index (κ1) is 32.8. The molecule has 0 aliphatic carbocycles. The molecule has 0 aliphatic rings. The third kappa shape index (κ3) is 24.7. The minimum absolute atomic E-state index is 0.235. The van der Waals surface area contributed by atoms with Crippen LogP contribution in [0.2, 0.25) is 0 Å². The van der Waals surface area contributed by atoms with Crippen LogP contribution in [0.25, 0.3) is 0 Å². The van der Waals surface area contributed by atoms with Crippen molar-refractivity contribution in [3.63, 3.8) is 0 Å². The van der Waals surface area contributed by atoms with Crippen molar-refractivity contribution in [3.8, 4) is 0 Å². The van der Waals surface area contributed by atoms with Gasteiger partial charge in [0.25, 0.3) is 0 Å². The lowest BCUT2D eigenvalue weighted by atomic mass is 10.1. The lowest BCUT2D eigenvalue weighted by molar-refractivity contribution is -0.891. The highest BCUT2D eigenvalue weighted by Gasteiger charge is 2.16. The van der Waals surface area contributed by atoms with Crippen LogP contribution in [0.5, 0.6) is 0 Å². The van der Waals surface area contributed by atoms with Gasteiger partial charge in [-0.3, -0.25) is 0 Å². The Hall–Kier alpha value is -0.170. The van der Waals surface area contributed by atoms with Crippen LogP contribution >= 0.6 is 0 Å². The van der Waals surface area contributed by atoms with E-state index >= 15 is 0 Å². The maximum atomic E-state index is 10.7. The molecule has 33 heavy (non-hydrogen) atoms. The quantitative estimate of drug-likeness (QED) is 0.0899. The third-order valence-electron chi connectivity index (χ3n) is 7.05. The SMILES string of the molecule is CCCCCCCCCCCCCC[N+](C)(C)CCCCCC[N+](C)(C)CCCS(=O)(=O)[O-]. The standard InChI is InChI=1S/C27H59N2O3S/c1-6-7-8-9-10-11-12-13-14-15-16-19-23-28(2,3)24-20-17-18-21-25-29(4,5)26-22-27-33(30,31)32/h6-27H2,1-5H3/q+1. The van der Waals surface area contributed by atoms with Crippen molar-refractivity contribution >= 4 is 10.1 Å². The van der Waals surface area contributed by atoms with Gasteiger partial charge in [-0.2, -0.15) is 0 Å². The molecule has 0 rings (SSSR count). The van der Waals surface area contributed by atoms with Gasteiger partial charge in [-0.1, -0.05) is 71.1 Å². The summed E-state index contributed by atoms with van der Waals surface area (Å²) < 4.78 is 34.2. The van der Waals surface area contributed by atoms with Crippen molar-refractivity contribution in [2.45, 2.75) is 116 Å². The molecule has 0 saturated carbocycles. The average molecular weight is 492 g/mol. The van der Waals surface area contributed by atoms with E-state index in [1.54, 1.807) is 0 Å². The first-order chi connectivity index (χ1) is 15.5. The predicted molar refractivity (Wildman–Crippen MR) is 142 cm³/mol. The van der Waals surface area contributed by atoms with Crippen molar-refractivity contribution < 1.29 is 21.9 Å². The Morgan fingerprint density at radius 1 is 0.485 bits per heavy atom. The van der Waals surface area contributed by atoms with Gasteiger partial charge in [-0.25, -0.2) is 8.42 Å². The van der Waals surface area contributed by atoms with Crippen LogP contribution in [0.1, 0.15) is 116 Å². The van der Waals surface area contributed by atoms with Crippen LogP contribution in [0, 0.1) is 0 Å². The summed E-state index contributed by atoms with van der Waals surface area (Å²) in [6, 6.07) is 0. The fourth-order valence-corrected chi connectivity index (χ4v) is 5.19. The van der Waals surface area contributed by atoms with Crippen LogP contribution in [0.4, 0.5) is 0 Å². The molecule has 0 aromatic rings. The number of unbranched alkanes of at least 4 members (excludes halogenated alkanes) is 14. The van der Waals surface area contributed by atoms with E-state index in [1.807, 2.05) is 0 Å². The van der Waals surface area contributed by atoms with Gasteiger partial charge in [-0.05, 0) is 38.5 Å². The summed E-state index contributed by atoms with van der Waals surface area (Å²) in [6.07, 6.45) is 22.4. The van der Waals surface area contributed by atoms with Crippen molar-refractivity contribution in [2.75, 3.05) is 60.1 Å². The molecule has 0 saturated heterocycles. The third-order valence-corrected chi connectivity index (χ3v) is 7.84. The maximum absolute atomic E-state index is 10.7. The van der Waals surface area contributed by atoms with Crippen LogP contribution in [-0.2, 0) is 10.1 Å². The summed E-state index contributed by atoms with van der Waals surface area (Å²) in [4.78, 5) is 0. The van der Waals surface area contributed by atoms with Crippen molar-refractivity contribution in [2.24, 2.45) is 0 Å². The topological polar surface area (TPSA) is 57.2 Å². The molecule has 0 amide bonds. The molecule has 0 heterocycles. The van der Waals surface area contributed by atoms with E-state index in [0.29, 0.717) is 6.42 Å². The number of hydrogen-bond donors (Lipinski definition) is 0. The van der Waals surface area contributed by atoms with Gasteiger partial charge in [0.1, 0.15) is 0 Å². The van der Waals surface area contributed by atoms with E-state index in [4.69, 9.17) is 0 Å². The molecule has 0 N–H and O–H groups in total. The van der Waals surface area contributed by atoms with E-state index in [1.165, 1.54) is 116 Å². The molecule has 5 nitrogen and oxygen atoms in total. The second-order valence-corrected chi connectivity index (χ2v) is 13.2. The first-order valence-corrected chi connectivity index (χ1v) is 15.6. The maximum Gasteiger partial charge on any atom is 0.0948 e. The second-order valence-electron chi connectivity index (χ2n) is 11.7. The summed E-state index contributed by atoms with van der Waals surface area (Å²) in [5, 5.41) is 0. The van der Waals surface area contributed by atoms with Gasteiger partial charge in [0.05, 0.1) is 64.5 Å². The highest BCUT2D eigenvalue weighted by Crippen LogP contribution is 2.14. The largest absolute Gasteiger partial charge is 0.748 e. The lowest BCUT2D eigenvalue weighted by Crippen LogP contribution is -2.42. The normalized spacial score (nSPS) is 13.0. The van der Waals surface area contributed by atoms with Gasteiger partial charge in [0, 0.05) is 12.2 Å². The minimum atomic E-state index is -4.07. The second kappa shape index (κ2) is 19.1. The van der Waals surface area contributed by atoms with E-state index in [9.17, 15) is 13.0 Å². The van der Waals surface area contributed by atoms with Crippen LogP contribution in [-0.4, -0.2) is 82.1 Å². The van der Waals surface area contributed by atoms with Gasteiger partial charge >= 0.3 is 0 Å². The van der Waals surface area contributed by atoms with Gasteiger partial charge in [0.2, 0.25) is 0 Å². The molecule has 0 aliphatic heterocycles. The molecular formula is C27H59N2O3S+. The summed E-state index contributed by atoms with van der Waals surface area (Å²) in [6.45, 7) is 6.65. The molecule has 0 aromatic carbocycles. The smallest absolute Gasteiger partial charge is 0.0948 e. The van der Waals surface area contributed by atoms with Gasteiger partial charge < -0.3 is 13.5 Å². The monoisotopic (exact) mass is 491 g/mol. The molecule has 0 bridgehead atoms. The Morgan fingerprint density at radius 3 is 1.06 bits per heavy atom. The Balaban J connectivity index is 3.58. The van der Waals surface area contributed by atoms with E-state index in [0.717, 1.165) is 22.1 Å². The molecule has 0 radical (unpaired) electrons. The van der Waals surface area contributed by atoms with Crippen molar-refractivity contribution in [3.05, 3.63) is 0 Å². The Kier molecular flexibility index (Phi) is 19.0. The first-order valence-electron chi connectivity index (χ1n) is 14.0. The molecule has 0 aromatic heterocycles. The highest BCUT2D eigenvalue weighted by molar-refractivity contribution is 7.85. The average Bonchev–Trinajstić information content (AvgIpc) is 2.70. The summed E-state index contributed by atoms with van der Waals surface area (Å²) >= 11 is 0. The molecule has 0 atom stereocenters. The van der Waals surface area contributed by atoms with E-state index < -0.39 is 10.1 Å². The zero-order valence-corrected chi connectivity index (χ0v) is 23.9. The summed E-state index contributed by atoms with van der Waals surface area (Å²) in [5.74, 6) is -0.235. The number of nitrogens with zero attached hydrogens (tertiary/aromatic N) is 2. The van der Waals surface area contributed by atoms with Gasteiger partial charge in [0.15, 0.2) is 0 Å². The van der Waals surface area contributed by atoms with E-state index in [-0.39, 0.29) is 5.75 Å². The Labute approximate surface area is 208 Å². The van der Waals surface area contributed by atoms with E-state index in [2.05, 4.69) is 35.1 Å². The molecule has 0 fully saturated rings. The zero-order valence-electron chi connectivity index (χ0n) is 23.1. The number of hydrogen-bond acceptors (Lipinski definition) is 3. The van der Waals surface area contributed by atoms with Crippen LogP contribution < -0.4 is 0 Å². The molecule has 6 heteroatoms. The highest BCUT2D eigenvalue weighted by atomic mass is 32.2. The molecule has 200 valence electrons. The minimum Gasteiger partial charge on any atom is -0.748 e. The van der Waals surface area contributed by atoms with Gasteiger partial charge in [-0.15, -0.1) is 0 Å².